The van der Waals surface area contributed by atoms with Crippen molar-refractivity contribution in [1.82, 2.24) is 15.4 Å². The number of sulfonamides is 1. The Labute approximate surface area is 225 Å². The summed E-state index contributed by atoms with van der Waals surface area (Å²) in [6.07, 6.45) is -1.58. The van der Waals surface area contributed by atoms with Crippen molar-refractivity contribution >= 4 is 22.0 Å². The van der Waals surface area contributed by atoms with Crippen LogP contribution in [-0.2, 0) is 26.2 Å². The standard InChI is InChI=1S/C27H39N3O7S/c1-19(2)15-22(30-26(33)37-27(3,4)5)25(32)28-16-21(31)17-29-38(34,35)24-14-10-9-13-23(24)36-18-20-11-7-6-8-12-20/h6-14,19,21-22,29,31H,15-18H2,1-5H3,(H,28,32)(H,30,33)/t21?,22-/m0/s1. The molecule has 11 heteroatoms. The van der Waals surface area contributed by atoms with Crippen LogP contribution in [-0.4, -0.2) is 56.4 Å². The average Bonchev–Trinajstić information content (AvgIpc) is 2.83. The van der Waals surface area contributed by atoms with Gasteiger partial charge in [-0.25, -0.2) is 17.9 Å². The van der Waals surface area contributed by atoms with Crippen molar-refractivity contribution in [3.8, 4) is 5.75 Å². The molecule has 2 rings (SSSR count). The topological polar surface area (TPSA) is 143 Å². The first-order valence-electron chi connectivity index (χ1n) is 12.5. The summed E-state index contributed by atoms with van der Waals surface area (Å²) in [7, 11) is -4.02. The van der Waals surface area contributed by atoms with Crippen LogP contribution in [0.3, 0.4) is 0 Å². The van der Waals surface area contributed by atoms with Crippen LogP contribution >= 0.6 is 0 Å². The number of carbonyl (C=O) groups is 2. The number of hydrogen-bond acceptors (Lipinski definition) is 7. The van der Waals surface area contributed by atoms with E-state index >= 15 is 0 Å². The second-order valence-electron chi connectivity index (χ2n) is 10.3. The molecule has 0 aliphatic carbocycles. The molecule has 0 aliphatic heterocycles. The second-order valence-corrected chi connectivity index (χ2v) is 12.0. The summed E-state index contributed by atoms with van der Waals surface area (Å²) < 4.78 is 39.2. The lowest BCUT2D eigenvalue weighted by Crippen LogP contribution is -2.50. The van der Waals surface area contributed by atoms with Crippen LogP contribution in [0.25, 0.3) is 0 Å². The number of benzene rings is 2. The summed E-state index contributed by atoms with van der Waals surface area (Å²) in [5, 5.41) is 15.5. The molecule has 0 saturated heterocycles. The molecule has 0 spiro atoms. The lowest BCUT2D eigenvalue weighted by molar-refractivity contribution is -0.124. The fourth-order valence-electron chi connectivity index (χ4n) is 3.38. The van der Waals surface area contributed by atoms with Gasteiger partial charge in [0, 0.05) is 13.1 Å². The third-order valence-electron chi connectivity index (χ3n) is 5.11. The maximum absolute atomic E-state index is 12.9. The van der Waals surface area contributed by atoms with Crippen LogP contribution in [0.4, 0.5) is 4.79 Å². The number of hydrogen-bond donors (Lipinski definition) is 4. The second kappa shape index (κ2) is 14.1. The molecule has 0 saturated carbocycles. The molecule has 2 amide bonds. The van der Waals surface area contributed by atoms with E-state index in [-0.39, 0.29) is 36.3 Å². The van der Waals surface area contributed by atoms with Crippen LogP contribution in [0.2, 0.25) is 0 Å². The van der Waals surface area contributed by atoms with Gasteiger partial charge in [-0.15, -0.1) is 0 Å². The Morgan fingerprint density at radius 1 is 0.974 bits per heavy atom. The largest absolute Gasteiger partial charge is 0.487 e. The summed E-state index contributed by atoms with van der Waals surface area (Å²) in [6, 6.07) is 14.7. The molecule has 0 heterocycles. The van der Waals surface area contributed by atoms with Crippen LogP contribution in [0.1, 0.15) is 46.6 Å². The third kappa shape index (κ3) is 11.1. The highest BCUT2D eigenvalue weighted by Crippen LogP contribution is 2.24. The molecule has 2 aromatic rings. The molecule has 0 aliphatic rings. The van der Waals surface area contributed by atoms with E-state index in [0.29, 0.717) is 6.42 Å². The molecular formula is C27H39N3O7S. The van der Waals surface area contributed by atoms with Gasteiger partial charge >= 0.3 is 6.09 Å². The fourth-order valence-corrected chi connectivity index (χ4v) is 4.59. The van der Waals surface area contributed by atoms with Crippen molar-refractivity contribution in [2.24, 2.45) is 5.92 Å². The molecule has 38 heavy (non-hydrogen) atoms. The zero-order chi connectivity index (χ0) is 28.3. The first-order valence-corrected chi connectivity index (χ1v) is 14.0. The minimum absolute atomic E-state index is 0.0641. The fraction of sp³-hybridized carbons (Fsp3) is 0.481. The normalized spacial score (nSPS) is 13.4. The summed E-state index contributed by atoms with van der Waals surface area (Å²) in [6.45, 7) is 8.59. The van der Waals surface area contributed by atoms with E-state index in [1.54, 1.807) is 39.0 Å². The van der Waals surface area contributed by atoms with E-state index in [9.17, 15) is 23.1 Å². The van der Waals surface area contributed by atoms with Gasteiger partial charge in [0.25, 0.3) is 0 Å². The predicted molar refractivity (Wildman–Crippen MR) is 144 cm³/mol. The van der Waals surface area contributed by atoms with Crippen LogP contribution in [0.5, 0.6) is 5.75 Å². The Morgan fingerprint density at radius 2 is 1.61 bits per heavy atom. The molecule has 0 aromatic heterocycles. The van der Waals surface area contributed by atoms with Gasteiger partial charge < -0.3 is 25.2 Å². The summed E-state index contributed by atoms with van der Waals surface area (Å²) >= 11 is 0. The highest BCUT2D eigenvalue weighted by Gasteiger charge is 2.26. The smallest absolute Gasteiger partial charge is 0.408 e. The summed E-state index contributed by atoms with van der Waals surface area (Å²) in [5.74, 6) is -0.232. The van der Waals surface area contributed by atoms with Crippen LogP contribution < -0.4 is 20.1 Å². The zero-order valence-corrected chi connectivity index (χ0v) is 23.4. The van der Waals surface area contributed by atoms with Gasteiger partial charge in [0.1, 0.15) is 28.9 Å². The number of aliphatic hydroxyl groups is 1. The number of amides is 2. The Hall–Kier alpha value is -3.15. The number of rotatable bonds is 13. The quantitative estimate of drug-likeness (QED) is 0.301. The van der Waals surface area contributed by atoms with Crippen LogP contribution in [0, 0.1) is 5.92 Å². The number of aliphatic hydroxyl groups excluding tert-OH is 1. The molecule has 210 valence electrons. The molecule has 2 aromatic carbocycles. The summed E-state index contributed by atoms with van der Waals surface area (Å²) in [5.41, 5.74) is 0.164. The lowest BCUT2D eigenvalue weighted by atomic mass is 10.0. The number of para-hydroxylation sites is 1. The van der Waals surface area contributed by atoms with Gasteiger partial charge in [0.05, 0.1) is 6.10 Å². The van der Waals surface area contributed by atoms with E-state index in [1.807, 2.05) is 44.2 Å². The minimum Gasteiger partial charge on any atom is -0.487 e. The molecule has 10 nitrogen and oxygen atoms in total. The van der Waals surface area contributed by atoms with Crippen molar-refractivity contribution in [2.75, 3.05) is 13.1 Å². The maximum Gasteiger partial charge on any atom is 0.408 e. The Kier molecular flexibility index (Phi) is 11.6. The molecular weight excluding hydrogens is 510 g/mol. The lowest BCUT2D eigenvalue weighted by Gasteiger charge is -2.24. The number of carbonyl (C=O) groups excluding carboxylic acids is 2. The van der Waals surface area contributed by atoms with Crippen molar-refractivity contribution in [3.63, 3.8) is 0 Å². The van der Waals surface area contributed by atoms with Gasteiger partial charge in [-0.05, 0) is 50.8 Å². The number of ether oxygens (including phenoxy) is 2. The van der Waals surface area contributed by atoms with Gasteiger partial charge in [0.15, 0.2) is 0 Å². The van der Waals surface area contributed by atoms with Gasteiger partial charge in [-0.2, -0.15) is 0 Å². The highest BCUT2D eigenvalue weighted by atomic mass is 32.2. The van der Waals surface area contributed by atoms with E-state index < -0.39 is 39.8 Å². The Morgan fingerprint density at radius 3 is 2.24 bits per heavy atom. The Balaban J connectivity index is 1.93. The number of alkyl carbamates (subject to hydrolysis) is 1. The third-order valence-corrected chi connectivity index (χ3v) is 6.57. The van der Waals surface area contributed by atoms with Crippen molar-refractivity contribution in [1.29, 1.82) is 0 Å². The molecule has 4 N–H and O–H groups in total. The van der Waals surface area contributed by atoms with Gasteiger partial charge in [0.2, 0.25) is 15.9 Å². The Bertz CT molecular complexity index is 1150. The van der Waals surface area contributed by atoms with Gasteiger partial charge in [-0.1, -0.05) is 56.3 Å². The summed E-state index contributed by atoms with van der Waals surface area (Å²) in [4.78, 5) is 24.8. The molecule has 0 radical (unpaired) electrons. The first-order chi connectivity index (χ1) is 17.8. The van der Waals surface area contributed by atoms with E-state index in [1.165, 1.54) is 6.07 Å². The van der Waals surface area contributed by atoms with Crippen molar-refractivity contribution in [3.05, 3.63) is 60.2 Å². The molecule has 1 unspecified atom stereocenters. The average molecular weight is 550 g/mol. The minimum atomic E-state index is -4.02. The van der Waals surface area contributed by atoms with Crippen LogP contribution in [0.15, 0.2) is 59.5 Å². The predicted octanol–water partition coefficient (Wildman–Crippen LogP) is 2.96. The molecule has 2 atom stereocenters. The monoisotopic (exact) mass is 549 g/mol. The van der Waals surface area contributed by atoms with E-state index in [2.05, 4.69) is 15.4 Å². The zero-order valence-electron chi connectivity index (χ0n) is 22.6. The van der Waals surface area contributed by atoms with Crippen molar-refractivity contribution in [2.45, 2.75) is 70.3 Å². The van der Waals surface area contributed by atoms with E-state index in [0.717, 1.165) is 5.56 Å². The van der Waals surface area contributed by atoms with Gasteiger partial charge in [-0.3, -0.25) is 4.79 Å². The van der Waals surface area contributed by atoms with E-state index in [4.69, 9.17) is 9.47 Å². The first kappa shape index (κ1) is 31.1. The highest BCUT2D eigenvalue weighted by molar-refractivity contribution is 7.89. The molecule has 0 bridgehead atoms. The molecule has 0 fully saturated rings. The maximum atomic E-state index is 12.9. The number of nitrogens with one attached hydrogen (secondary N) is 3. The SMILES string of the molecule is CC(C)C[C@H](NC(=O)OC(C)(C)C)C(=O)NCC(O)CNS(=O)(=O)c1ccccc1OCc1ccccc1. The van der Waals surface area contributed by atoms with Crippen molar-refractivity contribution < 1.29 is 32.6 Å².